The predicted molar refractivity (Wildman–Crippen MR) is 58.9 cm³/mol. The number of carbonyl (C=O) groups excluding carboxylic acids is 1. The Morgan fingerprint density at radius 2 is 2.28 bits per heavy atom. The maximum absolute atomic E-state index is 11.3. The smallest absolute Gasteiger partial charge is 0.396 e. The first kappa shape index (κ1) is 12.6. The van der Waals surface area contributed by atoms with Gasteiger partial charge < -0.3 is 13.7 Å². The van der Waals surface area contributed by atoms with Crippen LogP contribution in [0.1, 0.15) is 29.3 Å². The molecular formula is C9H10N4O4S. The molecule has 0 amide bonds. The zero-order chi connectivity index (χ0) is 13.0. The Bertz CT molecular complexity index is 538. The lowest BCUT2D eigenvalue weighted by molar-refractivity contribution is 0.0475. The number of rotatable bonds is 5. The molecule has 0 aromatic carbocycles. The van der Waals surface area contributed by atoms with Gasteiger partial charge in [-0.25, -0.2) is 4.79 Å². The highest BCUT2D eigenvalue weighted by atomic mass is 32.2. The Labute approximate surface area is 106 Å². The molecule has 2 aromatic rings. The third-order valence-corrected chi connectivity index (χ3v) is 2.57. The fraction of sp³-hybridized carbons (Fsp3) is 0.444. The first-order valence-electron chi connectivity index (χ1n) is 5.11. The average molecular weight is 270 g/mol. The van der Waals surface area contributed by atoms with Crippen molar-refractivity contribution in [3.63, 3.8) is 0 Å². The molecule has 0 spiro atoms. The summed E-state index contributed by atoms with van der Waals surface area (Å²) in [6.07, 6.45) is 0. The fourth-order valence-corrected chi connectivity index (χ4v) is 1.68. The molecule has 2 rings (SSSR count). The summed E-state index contributed by atoms with van der Waals surface area (Å²) in [5.41, 5.74) is 0. The number of hydrogen-bond acceptors (Lipinski definition) is 9. The third-order valence-electron chi connectivity index (χ3n) is 1.75. The van der Waals surface area contributed by atoms with E-state index < -0.39 is 5.97 Å². The summed E-state index contributed by atoms with van der Waals surface area (Å²) in [4.78, 5) is 15.3. The molecule has 0 aliphatic heterocycles. The second kappa shape index (κ2) is 5.63. The highest BCUT2D eigenvalue weighted by molar-refractivity contribution is 7.98. The quantitative estimate of drug-likeness (QED) is 0.585. The van der Waals surface area contributed by atoms with Crippen molar-refractivity contribution in [1.82, 2.24) is 20.3 Å². The van der Waals surface area contributed by atoms with Gasteiger partial charge in [-0.15, -0.1) is 5.10 Å². The number of carbonyl (C=O) groups is 1. The Morgan fingerprint density at radius 1 is 1.44 bits per heavy atom. The second-order valence-electron chi connectivity index (χ2n) is 3.11. The second-order valence-corrected chi connectivity index (χ2v) is 4.04. The molecule has 9 heteroatoms. The zero-order valence-corrected chi connectivity index (χ0v) is 10.6. The normalized spacial score (nSPS) is 10.6. The summed E-state index contributed by atoms with van der Waals surface area (Å²) in [5, 5.41) is 11.2. The van der Waals surface area contributed by atoms with Crippen LogP contribution in [0.5, 0.6) is 0 Å². The summed E-state index contributed by atoms with van der Waals surface area (Å²) in [7, 11) is 0. The number of esters is 1. The number of ether oxygens (including phenoxy) is 1. The largest absolute Gasteiger partial charge is 0.459 e. The van der Waals surface area contributed by atoms with Crippen molar-refractivity contribution in [2.24, 2.45) is 0 Å². The van der Waals surface area contributed by atoms with Crippen LogP contribution in [0.25, 0.3) is 0 Å². The van der Waals surface area contributed by atoms with Gasteiger partial charge in [0, 0.05) is 6.92 Å². The molecule has 8 nitrogen and oxygen atoms in total. The zero-order valence-electron chi connectivity index (χ0n) is 9.74. The van der Waals surface area contributed by atoms with Crippen molar-refractivity contribution in [2.45, 2.75) is 24.8 Å². The van der Waals surface area contributed by atoms with Crippen LogP contribution < -0.4 is 0 Å². The van der Waals surface area contributed by atoms with E-state index >= 15 is 0 Å². The molecule has 0 fully saturated rings. The molecular weight excluding hydrogens is 260 g/mol. The van der Waals surface area contributed by atoms with Crippen molar-refractivity contribution >= 4 is 17.7 Å². The predicted octanol–water partition coefficient (Wildman–Crippen LogP) is 1.23. The van der Waals surface area contributed by atoms with E-state index in [2.05, 4.69) is 20.3 Å². The van der Waals surface area contributed by atoms with Gasteiger partial charge in [-0.2, -0.15) is 4.98 Å². The van der Waals surface area contributed by atoms with Crippen LogP contribution in [0.4, 0.5) is 0 Å². The van der Waals surface area contributed by atoms with Crippen molar-refractivity contribution in [3.05, 3.63) is 17.6 Å². The Kier molecular flexibility index (Phi) is 3.92. The summed E-state index contributed by atoms with van der Waals surface area (Å²) >= 11 is 1.21. The third kappa shape index (κ3) is 3.06. The maximum Gasteiger partial charge on any atom is 0.396 e. The minimum Gasteiger partial charge on any atom is -0.459 e. The lowest BCUT2D eigenvalue weighted by Gasteiger charge is -1.94. The lowest BCUT2D eigenvalue weighted by Crippen LogP contribution is -2.04. The van der Waals surface area contributed by atoms with E-state index in [1.54, 1.807) is 13.8 Å². The highest BCUT2D eigenvalue weighted by Crippen LogP contribution is 2.20. The van der Waals surface area contributed by atoms with Crippen LogP contribution in [-0.2, 0) is 10.5 Å². The minimum atomic E-state index is -0.632. The number of hydrogen-bond donors (Lipinski definition) is 0. The van der Waals surface area contributed by atoms with Crippen molar-refractivity contribution < 1.29 is 18.5 Å². The first-order valence-corrected chi connectivity index (χ1v) is 6.10. The van der Waals surface area contributed by atoms with Crippen LogP contribution in [-0.4, -0.2) is 32.9 Å². The van der Waals surface area contributed by atoms with Gasteiger partial charge in [0.1, 0.15) is 0 Å². The van der Waals surface area contributed by atoms with Gasteiger partial charge in [0.05, 0.1) is 12.4 Å². The minimum absolute atomic E-state index is 0.163. The Hall–Kier alpha value is -1.90. The molecule has 0 N–H and O–H groups in total. The molecule has 0 saturated heterocycles. The van der Waals surface area contributed by atoms with Gasteiger partial charge in [-0.1, -0.05) is 22.0 Å². The van der Waals surface area contributed by atoms with E-state index in [1.807, 2.05) is 0 Å². The van der Waals surface area contributed by atoms with Crippen LogP contribution in [0, 0.1) is 6.92 Å². The standard InChI is InChI=1S/C9H10N4O4S/c1-3-15-8(14)7-11-12-9(16-7)18-4-6-10-5(2)17-13-6/h3-4H2,1-2H3. The van der Waals surface area contributed by atoms with Crippen LogP contribution in [0.15, 0.2) is 14.2 Å². The van der Waals surface area contributed by atoms with Gasteiger partial charge in [-0.3, -0.25) is 0 Å². The van der Waals surface area contributed by atoms with E-state index in [9.17, 15) is 4.79 Å². The van der Waals surface area contributed by atoms with Gasteiger partial charge in [0.15, 0.2) is 5.82 Å². The van der Waals surface area contributed by atoms with Gasteiger partial charge in [-0.05, 0) is 6.92 Å². The summed E-state index contributed by atoms with van der Waals surface area (Å²) in [6.45, 7) is 3.65. The molecule has 0 radical (unpaired) electrons. The number of nitrogens with zero attached hydrogens (tertiary/aromatic N) is 4. The van der Waals surface area contributed by atoms with Crippen molar-refractivity contribution in [1.29, 1.82) is 0 Å². The average Bonchev–Trinajstić information content (AvgIpc) is 2.95. The van der Waals surface area contributed by atoms with Crippen molar-refractivity contribution in [3.8, 4) is 0 Å². The lowest BCUT2D eigenvalue weighted by atomic mass is 10.7. The van der Waals surface area contributed by atoms with E-state index in [1.165, 1.54) is 11.8 Å². The van der Waals surface area contributed by atoms with E-state index in [0.717, 1.165) is 0 Å². The molecule has 0 bridgehead atoms. The number of aryl methyl sites for hydroxylation is 1. The Balaban J connectivity index is 1.92. The van der Waals surface area contributed by atoms with Crippen molar-refractivity contribution in [2.75, 3.05) is 6.61 Å². The van der Waals surface area contributed by atoms with Crippen LogP contribution in [0.3, 0.4) is 0 Å². The number of thioether (sulfide) groups is 1. The maximum atomic E-state index is 11.3. The molecule has 0 saturated carbocycles. The summed E-state index contributed by atoms with van der Waals surface area (Å²) in [5.74, 6) is 0.634. The molecule has 0 aliphatic rings. The number of aromatic nitrogens is 4. The van der Waals surface area contributed by atoms with Gasteiger partial charge >= 0.3 is 11.9 Å². The monoisotopic (exact) mass is 270 g/mol. The van der Waals surface area contributed by atoms with E-state index in [-0.39, 0.29) is 17.7 Å². The molecule has 96 valence electrons. The van der Waals surface area contributed by atoms with E-state index in [4.69, 9.17) is 13.7 Å². The summed E-state index contributed by atoms with van der Waals surface area (Å²) in [6, 6.07) is 0. The molecule has 0 unspecified atom stereocenters. The molecule has 2 aromatic heterocycles. The topological polar surface area (TPSA) is 104 Å². The fourth-order valence-electron chi connectivity index (χ4n) is 1.07. The van der Waals surface area contributed by atoms with E-state index in [0.29, 0.717) is 17.5 Å². The van der Waals surface area contributed by atoms with Gasteiger partial charge in [0.25, 0.3) is 5.22 Å². The molecule has 0 aliphatic carbocycles. The summed E-state index contributed by atoms with van der Waals surface area (Å²) < 4.78 is 14.6. The van der Waals surface area contributed by atoms with Gasteiger partial charge in [0.2, 0.25) is 5.89 Å². The molecule has 0 atom stereocenters. The highest BCUT2D eigenvalue weighted by Gasteiger charge is 2.16. The van der Waals surface area contributed by atoms with Crippen LogP contribution in [0.2, 0.25) is 0 Å². The Morgan fingerprint density at radius 3 is 2.94 bits per heavy atom. The molecule has 2 heterocycles. The first-order chi connectivity index (χ1) is 8.69. The SMILES string of the molecule is CCOC(=O)c1nnc(SCc2noc(C)n2)o1. The van der Waals surface area contributed by atoms with Crippen LogP contribution >= 0.6 is 11.8 Å². The molecule has 18 heavy (non-hydrogen) atoms.